The first-order valence-electron chi connectivity index (χ1n) is 5.49. The third kappa shape index (κ3) is 3.19. The summed E-state index contributed by atoms with van der Waals surface area (Å²) < 4.78 is 22.8. The Kier molecular flexibility index (Phi) is 4.13. The van der Waals surface area contributed by atoms with Crippen molar-refractivity contribution in [3.63, 3.8) is 0 Å². The molecule has 1 aliphatic rings. The van der Waals surface area contributed by atoms with E-state index in [1.807, 2.05) is 13.8 Å². The molecule has 1 amide bonds. The Bertz CT molecular complexity index is 320. The van der Waals surface area contributed by atoms with Gasteiger partial charge in [-0.05, 0) is 26.7 Å². The van der Waals surface area contributed by atoms with E-state index >= 15 is 0 Å². The highest BCUT2D eigenvalue weighted by Gasteiger charge is 2.31. The molecule has 1 fully saturated rings. The standard InChI is InChI=1S/C10H19NO3S/c1-3-11(4-2)10(12)9-6-5-7-15(13,14)8-9/h9H,3-8H2,1-2H3. The van der Waals surface area contributed by atoms with Crippen LogP contribution in [-0.4, -0.2) is 43.8 Å². The SMILES string of the molecule is CCN(CC)C(=O)C1CCCS(=O)(=O)C1. The molecule has 0 N–H and O–H groups in total. The van der Waals surface area contributed by atoms with Crippen molar-refractivity contribution in [3.05, 3.63) is 0 Å². The molecule has 1 atom stereocenters. The summed E-state index contributed by atoms with van der Waals surface area (Å²) in [5.41, 5.74) is 0. The van der Waals surface area contributed by atoms with Crippen LogP contribution < -0.4 is 0 Å². The lowest BCUT2D eigenvalue weighted by Gasteiger charge is -2.27. The number of hydrogen-bond acceptors (Lipinski definition) is 3. The normalized spacial score (nSPS) is 24.8. The summed E-state index contributed by atoms with van der Waals surface area (Å²) in [6.07, 6.45) is 1.34. The molecule has 0 aromatic carbocycles. The van der Waals surface area contributed by atoms with Crippen LogP contribution in [0, 0.1) is 5.92 Å². The van der Waals surface area contributed by atoms with Crippen molar-refractivity contribution in [1.82, 2.24) is 4.90 Å². The van der Waals surface area contributed by atoms with E-state index in [-0.39, 0.29) is 23.3 Å². The maximum atomic E-state index is 11.9. The van der Waals surface area contributed by atoms with Gasteiger partial charge in [0.25, 0.3) is 0 Å². The second kappa shape index (κ2) is 4.96. The molecule has 1 aliphatic heterocycles. The summed E-state index contributed by atoms with van der Waals surface area (Å²) in [7, 11) is -2.97. The molecule has 15 heavy (non-hydrogen) atoms. The number of carbonyl (C=O) groups is 1. The zero-order valence-electron chi connectivity index (χ0n) is 9.40. The van der Waals surface area contributed by atoms with Gasteiger partial charge in [0, 0.05) is 13.1 Å². The predicted molar refractivity (Wildman–Crippen MR) is 59.3 cm³/mol. The molecule has 5 heteroatoms. The van der Waals surface area contributed by atoms with E-state index in [9.17, 15) is 13.2 Å². The molecule has 0 radical (unpaired) electrons. The molecule has 0 saturated carbocycles. The lowest BCUT2D eigenvalue weighted by Crippen LogP contribution is -2.41. The molecule has 1 heterocycles. The average molecular weight is 233 g/mol. The van der Waals surface area contributed by atoms with E-state index in [4.69, 9.17) is 0 Å². The van der Waals surface area contributed by atoms with Crippen LogP contribution in [0.2, 0.25) is 0 Å². The quantitative estimate of drug-likeness (QED) is 0.720. The zero-order chi connectivity index (χ0) is 11.5. The summed E-state index contributed by atoms with van der Waals surface area (Å²) in [6.45, 7) is 5.15. The third-order valence-corrected chi connectivity index (χ3v) is 4.71. The number of amides is 1. The predicted octanol–water partition coefficient (Wildman–Crippen LogP) is 0.680. The first-order chi connectivity index (χ1) is 7.00. The van der Waals surface area contributed by atoms with Crippen LogP contribution in [0.3, 0.4) is 0 Å². The van der Waals surface area contributed by atoms with E-state index in [0.717, 1.165) is 0 Å². The second-order valence-corrected chi connectivity index (χ2v) is 6.19. The highest BCUT2D eigenvalue weighted by atomic mass is 32.2. The Morgan fingerprint density at radius 3 is 2.40 bits per heavy atom. The lowest BCUT2D eigenvalue weighted by molar-refractivity contribution is -0.134. The Balaban J connectivity index is 2.67. The van der Waals surface area contributed by atoms with E-state index in [1.165, 1.54) is 0 Å². The van der Waals surface area contributed by atoms with Crippen molar-refractivity contribution in [2.75, 3.05) is 24.6 Å². The smallest absolute Gasteiger partial charge is 0.226 e. The van der Waals surface area contributed by atoms with Crippen LogP contribution in [0.4, 0.5) is 0 Å². The minimum Gasteiger partial charge on any atom is -0.343 e. The zero-order valence-corrected chi connectivity index (χ0v) is 10.2. The maximum Gasteiger partial charge on any atom is 0.226 e. The summed E-state index contributed by atoms with van der Waals surface area (Å²) in [5, 5.41) is 0. The third-order valence-electron chi connectivity index (χ3n) is 2.89. The van der Waals surface area contributed by atoms with E-state index in [0.29, 0.717) is 25.9 Å². The Hall–Kier alpha value is -0.580. The number of nitrogens with zero attached hydrogens (tertiary/aromatic N) is 1. The first kappa shape index (κ1) is 12.5. The van der Waals surface area contributed by atoms with Gasteiger partial charge in [-0.15, -0.1) is 0 Å². The van der Waals surface area contributed by atoms with E-state index < -0.39 is 9.84 Å². The number of sulfone groups is 1. The van der Waals surface area contributed by atoms with Crippen molar-refractivity contribution in [2.24, 2.45) is 5.92 Å². The van der Waals surface area contributed by atoms with Gasteiger partial charge < -0.3 is 4.90 Å². The molecule has 0 bridgehead atoms. The van der Waals surface area contributed by atoms with Gasteiger partial charge in [-0.2, -0.15) is 0 Å². The van der Waals surface area contributed by atoms with Crippen molar-refractivity contribution < 1.29 is 13.2 Å². The van der Waals surface area contributed by atoms with Crippen LogP contribution in [0.15, 0.2) is 0 Å². The molecule has 0 spiro atoms. The molecule has 0 aromatic heterocycles. The molecule has 1 saturated heterocycles. The summed E-state index contributed by atoms with van der Waals surface area (Å²) in [4.78, 5) is 13.6. The van der Waals surface area contributed by atoms with Crippen LogP contribution >= 0.6 is 0 Å². The maximum absolute atomic E-state index is 11.9. The van der Waals surface area contributed by atoms with Crippen LogP contribution in [0.5, 0.6) is 0 Å². The molecule has 0 aromatic rings. The number of carbonyl (C=O) groups excluding carboxylic acids is 1. The molecule has 88 valence electrons. The lowest BCUT2D eigenvalue weighted by atomic mass is 10.0. The van der Waals surface area contributed by atoms with Crippen LogP contribution in [-0.2, 0) is 14.6 Å². The van der Waals surface area contributed by atoms with Crippen molar-refractivity contribution in [2.45, 2.75) is 26.7 Å². The fourth-order valence-corrected chi connectivity index (χ4v) is 3.71. The van der Waals surface area contributed by atoms with E-state index in [1.54, 1.807) is 4.90 Å². The number of rotatable bonds is 3. The highest BCUT2D eigenvalue weighted by molar-refractivity contribution is 7.91. The number of hydrogen-bond donors (Lipinski definition) is 0. The fraction of sp³-hybridized carbons (Fsp3) is 0.900. The minimum atomic E-state index is -2.97. The summed E-state index contributed by atoms with van der Waals surface area (Å²) >= 11 is 0. The Labute approximate surface area is 91.6 Å². The largest absolute Gasteiger partial charge is 0.343 e. The molecular formula is C10H19NO3S. The Morgan fingerprint density at radius 1 is 1.33 bits per heavy atom. The van der Waals surface area contributed by atoms with Crippen molar-refractivity contribution in [3.8, 4) is 0 Å². The minimum absolute atomic E-state index is 0.00303. The molecule has 4 nitrogen and oxygen atoms in total. The summed E-state index contributed by atoms with van der Waals surface area (Å²) in [5.74, 6) is -0.0101. The first-order valence-corrected chi connectivity index (χ1v) is 7.31. The highest BCUT2D eigenvalue weighted by Crippen LogP contribution is 2.20. The van der Waals surface area contributed by atoms with Gasteiger partial charge >= 0.3 is 0 Å². The monoisotopic (exact) mass is 233 g/mol. The van der Waals surface area contributed by atoms with Crippen molar-refractivity contribution in [1.29, 1.82) is 0 Å². The van der Waals surface area contributed by atoms with Gasteiger partial charge in [-0.25, -0.2) is 8.42 Å². The van der Waals surface area contributed by atoms with E-state index in [2.05, 4.69) is 0 Å². The van der Waals surface area contributed by atoms with Gasteiger partial charge in [-0.1, -0.05) is 0 Å². The average Bonchev–Trinajstić information content (AvgIpc) is 2.18. The van der Waals surface area contributed by atoms with Gasteiger partial charge in [-0.3, -0.25) is 4.79 Å². The second-order valence-electron chi connectivity index (χ2n) is 3.96. The van der Waals surface area contributed by atoms with Gasteiger partial charge in [0.05, 0.1) is 17.4 Å². The molecule has 1 unspecified atom stereocenters. The van der Waals surface area contributed by atoms with Gasteiger partial charge in [0.2, 0.25) is 5.91 Å². The fourth-order valence-electron chi connectivity index (χ4n) is 2.01. The van der Waals surface area contributed by atoms with Gasteiger partial charge in [0.15, 0.2) is 9.84 Å². The summed E-state index contributed by atoms with van der Waals surface area (Å²) in [6, 6.07) is 0. The Morgan fingerprint density at radius 2 is 1.93 bits per heavy atom. The molecule has 1 rings (SSSR count). The van der Waals surface area contributed by atoms with Crippen LogP contribution in [0.1, 0.15) is 26.7 Å². The topological polar surface area (TPSA) is 54.5 Å². The van der Waals surface area contributed by atoms with Gasteiger partial charge in [0.1, 0.15) is 0 Å². The van der Waals surface area contributed by atoms with Crippen molar-refractivity contribution >= 4 is 15.7 Å². The van der Waals surface area contributed by atoms with Crippen LogP contribution in [0.25, 0.3) is 0 Å². The molecular weight excluding hydrogens is 214 g/mol. The molecule has 0 aliphatic carbocycles.